The van der Waals surface area contributed by atoms with Crippen LogP contribution in [0.25, 0.3) is 0 Å². The molecule has 0 saturated heterocycles. The molecular weight excluding hydrogens is 272 g/mol. The van der Waals surface area contributed by atoms with Crippen LogP contribution in [0.5, 0.6) is 0 Å². The first kappa shape index (κ1) is 14.1. The summed E-state index contributed by atoms with van der Waals surface area (Å²) in [6, 6.07) is 10.4. The van der Waals surface area contributed by atoms with E-state index in [4.69, 9.17) is 18.0 Å². The van der Waals surface area contributed by atoms with Gasteiger partial charge in [-0.1, -0.05) is 30.5 Å². The zero-order chi connectivity index (χ0) is 14.5. The maximum atomic E-state index is 12.2. The number of hydrogen-bond donors (Lipinski definition) is 1. The van der Waals surface area contributed by atoms with Gasteiger partial charge in [0.25, 0.3) is 5.91 Å². The van der Waals surface area contributed by atoms with Crippen molar-refractivity contribution in [2.24, 2.45) is 0 Å². The Balaban J connectivity index is 2.23. The van der Waals surface area contributed by atoms with E-state index >= 15 is 0 Å². The van der Waals surface area contributed by atoms with Gasteiger partial charge in [-0.3, -0.25) is 4.79 Å². The summed E-state index contributed by atoms with van der Waals surface area (Å²) in [7, 11) is 0. The fraction of sp³-hybridized carbons (Fsp3) is 0.125. The zero-order valence-corrected chi connectivity index (χ0v) is 11.7. The molecule has 0 fully saturated rings. The molecule has 2 aromatic rings. The second-order valence-electron chi connectivity index (χ2n) is 4.20. The van der Waals surface area contributed by atoms with E-state index in [1.807, 2.05) is 6.92 Å². The third-order valence-corrected chi connectivity index (χ3v) is 2.95. The molecule has 3 nitrogen and oxygen atoms in total. The van der Waals surface area contributed by atoms with Crippen molar-refractivity contribution in [1.82, 2.24) is 4.98 Å². The van der Waals surface area contributed by atoms with Gasteiger partial charge in [0.2, 0.25) is 0 Å². The van der Waals surface area contributed by atoms with E-state index in [0.29, 0.717) is 28.4 Å². The van der Waals surface area contributed by atoms with Crippen LogP contribution in [0.2, 0.25) is 5.15 Å². The van der Waals surface area contributed by atoms with E-state index in [1.54, 1.807) is 36.4 Å². The highest BCUT2D eigenvalue weighted by atomic mass is 35.5. The second-order valence-corrected chi connectivity index (χ2v) is 4.59. The molecule has 0 saturated carbocycles. The van der Waals surface area contributed by atoms with Gasteiger partial charge in [0.05, 0.1) is 0 Å². The molecule has 0 spiro atoms. The van der Waals surface area contributed by atoms with Crippen molar-refractivity contribution >= 4 is 23.2 Å². The zero-order valence-electron chi connectivity index (χ0n) is 11.0. The Morgan fingerprint density at radius 1 is 1.40 bits per heavy atom. The van der Waals surface area contributed by atoms with E-state index in [0.717, 1.165) is 5.69 Å². The molecule has 1 heterocycles. The minimum absolute atomic E-state index is 0.238. The number of terminal acetylenes is 1. The summed E-state index contributed by atoms with van der Waals surface area (Å²) < 4.78 is 0. The molecule has 0 bridgehead atoms. The van der Waals surface area contributed by atoms with Gasteiger partial charge in [-0.05, 0) is 36.8 Å². The SMILES string of the molecule is C#Cc1cccc(NC(=O)c2cc(Cl)nc(CC)c2)c1. The summed E-state index contributed by atoms with van der Waals surface area (Å²) in [6.45, 7) is 1.96. The Morgan fingerprint density at radius 2 is 2.20 bits per heavy atom. The van der Waals surface area contributed by atoms with Crippen molar-refractivity contribution in [1.29, 1.82) is 0 Å². The van der Waals surface area contributed by atoms with Gasteiger partial charge in [0, 0.05) is 22.5 Å². The number of aryl methyl sites for hydroxylation is 1. The molecule has 1 amide bonds. The van der Waals surface area contributed by atoms with Crippen LogP contribution in [-0.4, -0.2) is 10.9 Å². The van der Waals surface area contributed by atoms with Gasteiger partial charge in [0.15, 0.2) is 0 Å². The van der Waals surface area contributed by atoms with Crippen LogP contribution in [-0.2, 0) is 6.42 Å². The van der Waals surface area contributed by atoms with Crippen molar-refractivity contribution < 1.29 is 4.79 Å². The lowest BCUT2D eigenvalue weighted by molar-refractivity contribution is 0.102. The molecule has 0 aliphatic rings. The quantitative estimate of drug-likeness (QED) is 0.692. The predicted molar refractivity (Wildman–Crippen MR) is 81.0 cm³/mol. The Kier molecular flexibility index (Phi) is 4.39. The van der Waals surface area contributed by atoms with Crippen molar-refractivity contribution in [3.63, 3.8) is 0 Å². The standard InChI is InChI=1S/C16H13ClN2O/c1-3-11-6-5-7-14(8-11)19-16(20)12-9-13(4-2)18-15(17)10-12/h1,5-10H,4H2,2H3,(H,19,20). The van der Waals surface area contributed by atoms with Crippen LogP contribution < -0.4 is 5.32 Å². The maximum absolute atomic E-state index is 12.2. The average molecular weight is 285 g/mol. The highest BCUT2D eigenvalue weighted by molar-refractivity contribution is 6.29. The summed E-state index contributed by atoms with van der Waals surface area (Å²) in [5.41, 5.74) is 2.62. The number of pyridine rings is 1. The highest BCUT2D eigenvalue weighted by Gasteiger charge is 2.09. The monoisotopic (exact) mass is 284 g/mol. The van der Waals surface area contributed by atoms with Gasteiger partial charge >= 0.3 is 0 Å². The minimum atomic E-state index is -0.238. The lowest BCUT2D eigenvalue weighted by atomic mass is 10.1. The first-order valence-corrected chi connectivity index (χ1v) is 6.54. The third kappa shape index (κ3) is 3.37. The van der Waals surface area contributed by atoms with Crippen molar-refractivity contribution in [3.05, 3.63) is 58.4 Å². The number of aromatic nitrogens is 1. The lowest BCUT2D eigenvalue weighted by Gasteiger charge is -2.07. The normalized spacial score (nSPS) is 9.85. The Bertz CT molecular complexity index is 689. The van der Waals surface area contributed by atoms with Gasteiger partial charge in [-0.25, -0.2) is 4.98 Å². The molecule has 0 aliphatic carbocycles. The maximum Gasteiger partial charge on any atom is 0.255 e. The number of nitrogens with one attached hydrogen (secondary N) is 1. The van der Waals surface area contributed by atoms with Crippen molar-refractivity contribution in [2.45, 2.75) is 13.3 Å². The Morgan fingerprint density at radius 3 is 2.90 bits per heavy atom. The molecule has 100 valence electrons. The number of anilines is 1. The molecule has 0 aliphatic heterocycles. The number of carbonyl (C=O) groups is 1. The van der Waals surface area contributed by atoms with Crippen molar-refractivity contribution in [3.8, 4) is 12.3 Å². The minimum Gasteiger partial charge on any atom is -0.322 e. The van der Waals surface area contributed by atoms with E-state index in [-0.39, 0.29) is 5.91 Å². The van der Waals surface area contributed by atoms with Crippen LogP contribution in [0, 0.1) is 12.3 Å². The largest absolute Gasteiger partial charge is 0.322 e. The molecule has 1 N–H and O–H groups in total. The number of amides is 1. The Labute approximate surface area is 123 Å². The third-order valence-electron chi connectivity index (χ3n) is 2.76. The summed E-state index contributed by atoms with van der Waals surface area (Å²) >= 11 is 5.91. The number of hydrogen-bond acceptors (Lipinski definition) is 2. The first-order valence-electron chi connectivity index (χ1n) is 6.17. The molecule has 1 aromatic carbocycles. The first-order chi connectivity index (χ1) is 9.62. The molecule has 20 heavy (non-hydrogen) atoms. The van der Waals surface area contributed by atoms with Crippen LogP contribution in [0.3, 0.4) is 0 Å². The van der Waals surface area contributed by atoms with E-state index in [9.17, 15) is 4.79 Å². The van der Waals surface area contributed by atoms with Crippen molar-refractivity contribution in [2.75, 3.05) is 5.32 Å². The topological polar surface area (TPSA) is 42.0 Å². The number of carbonyl (C=O) groups excluding carboxylic acids is 1. The smallest absolute Gasteiger partial charge is 0.255 e. The molecule has 2 rings (SSSR count). The predicted octanol–water partition coefficient (Wildman–Crippen LogP) is 3.53. The van der Waals surface area contributed by atoms with Crippen LogP contribution in [0.15, 0.2) is 36.4 Å². The van der Waals surface area contributed by atoms with Crippen LogP contribution in [0.1, 0.15) is 28.5 Å². The van der Waals surface area contributed by atoms with E-state index in [1.165, 1.54) is 0 Å². The van der Waals surface area contributed by atoms with E-state index in [2.05, 4.69) is 16.2 Å². The fourth-order valence-corrected chi connectivity index (χ4v) is 1.98. The van der Waals surface area contributed by atoms with E-state index < -0.39 is 0 Å². The summed E-state index contributed by atoms with van der Waals surface area (Å²) in [6.07, 6.45) is 6.05. The van der Waals surface area contributed by atoms with Gasteiger partial charge in [-0.15, -0.1) is 6.42 Å². The van der Waals surface area contributed by atoms with Gasteiger partial charge in [0.1, 0.15) is 5.15 Å². The molecule has 0 atom stereocenters. The molecule has 0 unspecified atom stereocenters. The molecule has 4 heteroatoms. The number of benzene rings is 1. The van der Waals surface area contributed by atoms with Crippen LogP contribution >= 0.6 is 11.6 Å². The number of nitrogens with zero attached hydrogens (tertiary/aromatic N) is 1. The second kappa shape index (κ2) is 6.23. The van der Waals surface area contributed by atoms with Gasteiger partial charge < -0.3 is 5.32 Å². The summed E-state index contributed by atoms with van der Waals surface area (Å²) in [5.74, 6) is 2.29. The highest BCUT2D eigenvalue weighted by Crippen LogP contribution is 2.15. The molecular formula is C16H13ClN2O. The van der Waals surface area contributed by atoms with Gasteiger partial charge in [-0.2, -0.15) is 0 Å². The number of halogens is 1. The van der Waals surface area contributed by atoms with Crippen LogP contribution in [0.4, 0.5) is 5.69 Å². The molecule has 0 radical (unpaired) electrons. The lowest BCUT2D eigenvalue weighted by Crippen LogP contribution is -2.12. The average Bonchev–Trinajstić information content (AvgIpc) is 2.46. The summed E-state index contributed by atoms with van der Waals surface area (Å²) in [5, 5.41) is 3.10. The number of rotatable bonds is 3. The summed E-state index contributed by atoms with van der Waals surface area (Å²) in [4.78, 5) is 16.3. The molecule has 1 aromatic heterocycles. The fourth-order valence-electron chi connectivity index (χ4n) is 1.75. The Hall–Kier alpha value is -2.31.